The van der Waals surface area contributed by atoms with Crippen molar-refractivity contribution in [1.82, 2.24) is 26.6 Å². The molecule has 6 atom stereocenters. The Balaban J connectivity index is 2.22. The average molecular weight is 799 g/mol. The van der Waals surface area contributed by atoms with Gasteiger partial charge in [0.1, 0.15) is 29.5 Å². The van der Waals surface area contributed by atoms with Crippen molar-refractivity contribution in [3.63, 3.8) is 0 Å². The molecule has 0 aliphatic rings. The highest BCUT2D eigenvalue weighted by Crippen LogP contribution is 2.14. The van der Waals surface area contributed by atoms with Crippen molar-refractivity contribution >= 4 is 35.5 Å². The lowest BCUT2D eigenvalue weighted by Crippen LogP contribution is -2.59. The molecule has 2 aromatic rings. The maximum absolute atomic E-state index is 13.9. The van der Waals surface area contributed by atoms with Crippen LogP contribution < -0.4 is 32.3 Å². The third-order valence-corrected chi connectivity index (χ3v) is 8.18. The van der Waals surface area contributed by atoms with Gasteiger partial charge in [-0.05, 0) is 90.5 Å². The van der Waals surface area contributed by atoms with E-state index in [1.807, 2.05) is 13.8 Å². The number of ether oxygens (including phenoxy) is 2. The Labute approximate surface area is 335 Å². The van der Waals surface area contributed by atoms with E-state index in [4.69, 9.17) is 15.2 Å². The van der Waals surface area contributed by atoms with Crippen LogP contribution in [-0.2, 0) is 51.1 Å². The van der Waals surface area contributed by atoms with Crippen molar-refractivity contribution in [2.45, 2.75) is 129 Å². The van der Waals surface area contributed by atoms with Crippen LogP contribution in [0.25, 0.3) is 0 Å². The molecule has 0 heterocycles. The van der Waals surface area contributed by atoms with Crippen LogP contribution in [0.1, 0.15) is 79.9 Å². The number of hydrogen-bond donors (Lipinski definition) is 8. The minimum absolute atomic E-state index is 0.0214. The fourth-order valence-corrected chi connectivity index (χ4v) is 5.34. The number of nitrogens with two attached hydrogens (primary N) is 1. The highest BCUT2D eigenvalue weighted by Gasteiger charge is 2.35. The average Bonchev–Trinajstić information content (AvgIpc) is 3.10. The monoisotopic (exact) mass is 798 g/mol. The Morgan fingerprint density at radius 3 is 1.79 bits per heavy atom. The summed E-state index contributed by atoms with van der Waals surface area (Å²) in [5.74, 6) is -4.45. The first kappa shape index (κ1) is 48.1. The number of aliphatic hydroxyl groups excluding tert-OH is 1. The predicted molar refractivity (Wildman–Crippen MR) is 213 cm³/mol. The van der Waals surface area contributed by atoms with Gasteiger partial charge in [-0.25, -0.2) is 4.79 Å². The standard InChI is InChI=1S/C41H62N6O10/c1-24(2)19-30(38(54)47-34(25(3)48)39(55)57-41(7,8)9)45-37(53)31(21-26-13-11-10-12-14-26)44-33(50)22-43-36(52)32(23-56-40(4,5)6)46-35(51)29(42)20-27-15-17-28(49)18-16-27/h10-18,24-25,29-32,34,48-49H,19-23,42H2,1-9H3,(H,43,52)(H,44,50)(H,45,53)(H,46,51)(H,47,54)/t25-,29+,30+,31+,32-,34+/m1/s1. The lowest BCUT2D eigenvalue weighted by molar-refractivity contribution is -0.161. The molecule has 0 saturated heterocycles. The second-order valence-corrected chi connectivity index (χ2v) is 16.4. The molecule has 16 nitrogen and oxygen atoms in total. The Bertz CT molecular complexity index is 1640. The first-order valence-corrected chi connectivity index (χ1v) is 19.0. The Kier molecular flexibility index (Phi) is 18.6. The molecule has 0 aromatic heterocycles. The van der Waals surface area contributed by atoms with E-state index in [2.05, 4.69) is 26.6 Å². The zero-order valence-electron chi connectivity index (χ0n) is 34.5. The molecular formula is C41H62N6O10. The van der Waals surface area contributed by atoms with Crippen molar-refractivity contribution in [3.05, 3.63) is 65.7 Å². The molecule has 316 valence electrons. The number of phenols is 1. The van der Waals surface area contributed by atoms with Gasteiger partial charge in [-0.3, -0.25) is 24.0 Å². The van der Waals surface area contributed by atoms with E-state index >= 15 is 0 Å². The number of hydrogen-bond acceptors (Lipinski definition) is 11. The van der Waals surface area contributed by atoms with Crippen LogP contribution in [0, 0.1) is 5.92 Å². The maximum Gasteiger partial charge on any atom is 0.331 e. The first-order chi connectivity index (χ1) is 26.4. The van der Waals surface area contributed by atoms with Gasteiger partial charge in [0.15, 0.2) is 6.04 Å². The van der Waals surface area contributed by atoms with Crippen LogP contribution in [0.2, 0.25) is 0 Å². The van der Waals surface area contributed by atoms with E-state index < -0.39 is 89.6 Å². The van der Waals surface area contributed by atoms with Gasteiger partial charge in [-0.2, -0.15) is 0 Å². The van der Waals surface area contributed by atoms with Gasteiger partial charge in [0.05, 0.1) is 30.9 Å². The molecule has 0 fully saturated rings. The molecule has 5 amide bonds. The number of rotatable bonds is 20. The Hall–Kier alpha value is -5.06. The SMILES string of the molecule is CC(C)C[C@H](NC(=O)[C@H](Cc1ccccc1)NC(=O)CNC(=O)[C@@H](COC(C)(C)C)NC(=O)[C@@H](N)Cc1ccc(O)cc1)C(=O)N[C@H](C(=O)OC(C)(C)C)[C@@H](C)O. The minimum atomic E-state index is -1.41. The molecule has 57 heavy (non-hydrogen) atoms. The van der Waals surface area contributed by atoms with Gasteiger partial charge in [0.25, 0.3) is 0 Å². The molecule has 2 rings (SSSR count). The summed E-state index contributed by atoms with van der Waals surface area (Å²) >= 11 is 0. The number of nitrogens with one attached hydrogen (secondary N) is 5. The smallest absolute Gasteiger partial charge is 0.331 e. The fourth-order valence-electron chi connectivity index (χ4n) is 5.34. The summed E-state index contributed by atoms with van der Waals surface area (Å²) in [6, 6.07) is 8.95. The minimum Gasteiger partial charge on any atom is -0.508 e. The topological polar surface area (TPSA) is 248 Å². The number of carbonyl (C=O) groups is 6. The molecule has 9 N–H and O–H groups in total. The molecule has 0 spiro atoms. The van der Waals surface area contributed by atoms with Crippen LogP contribution in [0.4, 0.5) is 0 Å². The second kappa shape index (κ2) is 22.0. The maximum atomic E-state index is 13.9. The molecule has 2 aromatic carbocycles. The number of aliphatic hydroxyl groups is 1. The van der Waals surface area contributed by atoms with Crippen LogP contribution >= 0.6 is 0 Å². The van der Waals surface area contributed by atoms with E-state index in [0.29, 0.717) is 11.1 Å². The molecule has 0 aliphatic heterocycles. The van der Waals surface area contributed by atoms with Gasteiger partial charge in [0, 0.05) is 6.42 Å². The van der Waals surface area contributed by atoms with E-state index in [1.165, 1.54) is 19.1 Å². The Morgan fingerprint density at radius 1 is 0.684 bits per heavy atom. The van der Waals surface area contributed by atoms with Gasteiger partial charge in [-0.15, -0.1) is 0 Å². The largest absolute Gasteiger partial charge is 0.508 e. The molecule has 0 radical (unpaired) electrons. The van der Waals surface area contributed by atoms with Crippen LogP contribution in [-0.4, -0.2) is 106 Å². The molecule has 0 saturated carbocycles. The van der Waals surface area contributed by atoms with Crippen LogP contribution in [0.3, 0.4) is 0 Å². The van der Waals surface area contributed by atoms with Crippen molar-refractivity contribution < 1.29 is 48.5 Å². The number of carbonyl (C=O) groups excluding carboxylic acids is 6. The number of phenolic OH excluding ortho intramolecular Hbond substituents is 1. The number of aromatic hydroxyl groups is 1. The van der Waals surface area contributed by atoms with Gasteiger partial charge >= 0.3 is 5.97 Å². The van der Waals surface area contributed by atoms with E-state index in [0.717, 1.165) is 0 Å². The second-order valence-electron chi connectivity index (χ2n) is 16.4. The summed E-state index contributed by atoms with van der Waals surface area (Å²) in [4.78, 5) is 80.0. The third-order valence-electron chi connectivity index (χ3n) is 8.18. The lowest BCUT2D eigenvalue weighted by atomic mass is 10.0. The molecule has 16 heteroatoms. The van der Waals surface area contributed by atoms with E-state index in [1.54, 1.807) is 84.0 Å². The van der Waals surface area contributed by atoms with Gasteiger partial charge in [-0.1, -0.05) is 56.3 Å². The van der Waals surface area contributed by atoms with Crippen LogP contribution in [0.5, 0.6) is 5.75 Å². The highest BCUT2D eigenvalue weighted by molar-refractivity contribution is 5.95. The van der Waals surface area contributed by atoms with E-state index in [9.17, 15) is 39.0 Å². The summed E-state index contributed by atoms with van der Waals surface area (Å²) in [7, 11) is 0. The number of benzene rings is 2. The summed E-state index contributed by atoms with van der Waals surface area (Å²) in [5, 5.41) is 32.8. The Morgan fingerprint density at radius 2 is 1.25 bits per heavy atom. The van der Waals surface area contributed by atoms with Crippen molar-refractivity contribution in [2.24, 2.45) is 11.7 Å². The summed E-state index contributed by atoms with van der Waals surface area (Å²) < 4.78 is 11.1. The van der Waals surface area contributed by atoms with Crippen molar-refractivity contribution in [2.75, 3.05) is 13.2 Å². The lowest BCUT2D eigenvalue weighted by Gasteiger charge is -2.29. The third kappa shape index (κ3) is 18.6. The fraction of sp³-hybridized carbons (Fsp3) is 0.561. The number of esters is 1. The quantitative estimate of drug-likeness (QED) is 0.0883. The molecule has 0 bridgehead atoms. The molecular weight excluding hydrogens is 736 g/mol. The van der Waals surface area contributed by atoms with Gasteiger partial charge in [0.2, 0.25) is 29.5 Å². The highest BCUT2D eigenvalue weighted by atomic mass is 16.6. The zero-order chi connectivity index (χ0) is 43.1. The summed E-state index contributed by atoms with van der Waals surface area (Å²) in [6.07, 6.45) is -1.01. The predicted octanol–water partition coefficient (Wildman–Crippen LogP) is 1.14. The molecule has 0 unspecified atom stereocenters. The van der Waals surface area contributed by atoms with Crippen molar-refractivity contribution in [1.29, 1.82) is 0 Å². The number of amides is 5. The van der Waals surface area contributed by atoms with Crippen molar-refractivity contribution in [3.8, 4) is 5.75 Å². The van der Waals surface area contributed by atoms with Gasteiger partial charge < -0.3 is 52.0 Å². The zero-order valence-corrected chi connectivity index (χ0v) is 34.5. The van der Waals surface area contributed by atoms with E-state index in [-0.39, 0.29) is 37.5 Å². The van der Waals surface area contributed by atoms with Crippen LogP contribution in [0.15, 0.2) is 54.6 Å². The molecule has 0 aliphatic carbocycles. The first-order valence-electron chi connectivity index (χ1n) is 19.0. The normalized spacial score (nSPS) is 14.9. The summed E-state index contributed by atoms with van der Waals surface area (Å²) in [6.45, 7) is 14.4. The summed E-state index contributed by atoms with van der Waals surface area (Å²) in [5.41, 5.74) is 5.95.